The van der Waals surface area contributed by atoms with Gasteiger partial charge in [0.1, 0.15) is 5.75 Å². The predicted octanol–water partition coefficient (Wildman–Crippen LogP) is 1.51. The van der Waals surface area contributed by atoms with Gasteiger partial charge in [-0.05, 0) is 31.0 Å². The van der Waals surface area contributed by atoms with Crippen LogP contribution in [-0.4, -0.2) is 27.5 Å². The number of methoxy groups -OCH3 is 1. The second-order valence-electron chi connectivity index (χ2n) is 5.05. The normalized spacial score (nSPS) is 14.3. The first-order chi connectivity index (χ1) is 9.70. The zero-order valence-electron chi connectivity index (χ0n) is 12.7. The standard InChI is InChI=1S/C14H22N2O4S/c1-5-9(2)10(3)16-14(17)12-8-11(21(15,18)19)6-7-13(12)20-4/h6-10H,5H2,1-4H3,(H,16,17)(H2,15,18,19). The van der Waals surface area contributed by atoms with Gasteiger partial charge in [0.25, 0.3) is 5.91 Å². The Morgan fingerprint density at radius 2 is 2.00 bits per heavy atom. The molecule has 0 aliphatic heterocycles. The van der Waals surface area contributed by atoms with Crippen LogP contribution in [0, 0.1) is 5.92 Å². The number of sulfonamides is 1. The molecule has 1 rings (SSSR count). The predicted molar refractivity (Wildman–Crippen MR) is 80.8 cm³/mol. The molecule has 0 saturated heterocycles. The Kier molecular flexibility index (Phi) is 5.74. The first kappa shape index (κ1) is 17.5. The van der Waals surface area contributed by atoms with Crippen molar-refractivity contribution in [2.24, 2.45) is 11.1 Å². The highest BCUT2D eigenvalue weighted by atomic mass is 32.2. The minimum Gasteiger partial charge on any atom is -0.496 e. The Labute approximate surface area is 125 Å². The topological polar surface area (TPSA) is 98.5 Å². The lowest BCUT2D eigenvalue weighted by molar-refractivity contribution is 0.0925. The quantitative estimate of drug-likeness (QED) is 0.831. The number of carbonyl (C=O) groups excluding carboxylic acids is 1. The van der Waals surface area contributed by atoms with Crippen molar-refractivity contribution in [3.8, 4) is 5.75 Å². The fraction of sp³-hybridized carbons (Fsp3) is 0.500. The molecule has 2 unspecified atom stereocenters. The lowest BCUT2D eigenvalue weighted by Gasteiger charge is -2.20. The van der Waals surface area contributed by atoms with Gasteiger partial charge in [0, 0.05) is 6.04 Å². The maximum Gasteiger partial charge on any atom is 0.255 e. The molecular weight excluding hydrogens is 292 g/mol. The van der Waals surface area contributed by atoms with Gasteiger partial charge in [0.05, 0.1) is 17.6 Å². The Morgan fingerprint density at radius 3 is 2.48 bits per heavy atom. The van der Waals surface area contributed by atoms with E-state index in [0.717, 1.165) is 6.42 Å². The summed E-state index contributed by atoms with van der Waals surface area (Å²) in [6, 6.07) is 3.92. The summed E-state index contributed by atoms with van der Waals surface area (Å²) >= 11 is 0. The minimum absolute atomic E-state index is 0.0367. The Morgan fingerprint density at radius 1 is 1.38 bits per heavy atom. The number of nitrogens with one attached hydrogen (secondary N) is 1. The van der Waals surface area contributed by atoms with Gasteiger partial charge in [0.15, 0.2) is 0 Å². The zero-order valence-corrected chi connectivity index (χ0v) is 13.5. The van der Waals surface area contributed by atoms with Gasteiger partial charge in [-0.2, -0.15) is 0 Å². The summed E-state index contributed by atoms with van der Waals surface area (Å²) in [4.78, 5) is 12.2. The zero-order chi connectivity index (χ0) is 16.2. The van der Waals surface area contributed by atoms with Crippen LogP contribution in [0.4, 0.5) is 0 Å². The fourth-order valence-corrected chi connectivity index (χ4v) is 2.36. The van der Waals surface area contributed by atoms with Gasteiger partial charge in [-0.25, -0.2) is 13.6 Å². The Bertz CT molecular complexity index is 613. The number of benzene rings is 1. The van der Waals surface area contributed by atoms with E-state index < -0.39 is 10.0 Å². The molecule has 0 fully saturated rings. The number of ether oxygens (including phenoxy) is 1. The summed E-state index contributed by atoms with van der Waals surface area (Å²) in [5, 5.41) is 7.93. The number of primary sulfonamides is 1. The van der Waals surface area contributed by atoms with E-state index in [9.17, 15) is 13.2 Å². The molecule has 0 radical (unpaired) electrons. The van der Waals surface area contributed by atoms with Crippen molar-refractivity contribution in [3.05, 3.63) is 23.8 Å². The van der Waals surface area contributed by atoms with Gasteiger partial charge in [0.2, 0.25) is 10.0 Å². The number of amides is 1. The van der Waals surface area contributed by atoms with Crippen LogP contribution in [0.5, 0.6) is 5.75 Å². The molecule has 21 heavy (non-hydrogen) atoms. The van der Waals surface area contributed by atoms with Crippen LogP contribution < -0.4 is 15.2 Å². The highest BCUT2D eigenvalue weighted by molar-refractivity contribution is 7.89. The Hall–Kier alpha value is -1.60. The van der Waals surface area contributed by atoms with Gasteiger partial charge in [-0.1, -0.05) is 20.3 Å². The molecule has 0 aliphatic rings. The number of nitrogens with two attached hydrogens (primary N) is 1. The summed E-state index contributed by atoms with van der Waals surface area (Å²) < 4.78 is 27.9. The van der Waals surface area contributed by atoms with E-state index in [1.807, 2.05) is 20.8 Å². The first-order valence-electron chi connectivity index (χ1n) is 6.72. The third-order valence-corrected chi connectivity index (χ3v) is 4.51. The molecule has 2 atom stereocenters. The molecule has 0 heterocycles. The van der Waals surface area contributed by atoms with Gasteiger partial charge in [-0.15, -0.1) is 0 Å². The molecule has 0 saturated carbocycles. The summed E-state index contributed by atoms with van der Waals surface area (Å²) in [6.45, 7) is 5.97. The third kappa shape index (κ3) is 4.44. The lowest BCUT2D eigenvalue weighted by Crippen LogP contribution is -2.37. The summed E-state index contributed by atoms with van der Waals surface area (Å²) in [6.07, 6.45) is 0.926. The largest absolute Gasteiger partial charge is 0.496 e. The highest BCUT2D eigenvalue weighted by Crippen LogP contribution is 2.22. The smallest absolute Gasteiger partial charge is 0.255 e. The van der Waals surface area contributed by atoms with Gasteiger partial charge < -0.3 is 10.1 Å². The molecule has 0 spiro atoms. The van der Waals surface area contributed by atoms with E-state index in [4.69, 9.17) is 9.88 Å². The van der Waals surface area contributed by atoms with E-state index >= 15 is 0 Å². The van der Waals surface area contributed by atoms with Crippen molar-refractivity contribution >= 4 is 15.9 Å². The monoisotopic (exact) mass is 314 g/mol. The second kappa shape index (κ2) is 6.91. The first-order valence-corrected chi connectivity index (χ1v) is 8.27. The lowest BCUT2D eigenvalue weighted by atomic mass is 10.0. The van der Waals surface area contributed by atoms with Crippen LogP contribution in [0.1, 0.15) is 37.6 Å². The van der Waals surface area contributed by atoms with Crippen molar-refractivity contribution in [2.45, 2.75) is 38.1 Å². The minimum atomic E-state index is -3.87. The van der Waals surface area contributed by atoms with Crippen molar-refractivity contribution in [1.82, 2.24) is 5.32 Å². The fourth-order valence-electron chi connectivity index (χ4n) is 1.82. The van der Waals surface area contributed by atoms with E-state index in [-0.39, 0.29) is 22.4 Å². The van der Waals surface area contributed by atoms with E-state index in [1.54, 1.807) is 0 Å². The molecule has 3 N–H and O–H groups in total. The van der Waals surface area contributed by atoms with Crippen molar-refractivity contribution < 1.29 is 17.9 Å². The third-order valence-electron chi connectivity index (χ3n) is 3.60. The molecular formula is C14H22N2O4S. The van der Waals surface area contributed by atoms with Gasteiger partial charge in [-0.3, -0.25) is 4.79 Å². The highest BCUT2D eigenvalue weighted by Gasteiger charge is 2.20. The SMILES string of the molecule is CCC(C)C(C)NC(=O)c1cc(S(N)(=O)=O)ccc1OC. The maximum atomic E-state index is 12.3. The molecule has 0 aliphatic carbocycles. The van der Waals surface area contributed by atoms with Gasteiger partial charge >= 0.3 is 0 Å². The number of hydrogen-bond acceptors (Lipinski definition) is 4. The molecule has 1 aromatic rings. The summed E-state index contributed by atoms with van der Waals surface area (Å²) in [5.41, 5.74) is 0.152. The number of rotatable bonds is 6. The van der Waals surface area contributed by atoms with Crippen LogP contribution in [0.15, 0.2) is 23.1 Å². The molecule has 6 nitrogen and oxygen atoms in total. The van der Waals surface area contributed by atoms with Crippen molar-refractivity contribution in [2.75, 3.05) is 7.11 Å². The molecule has 0 bridgehead atoms. The van der Waals surface area contributed by atoms with Crippen LogP contribution in [0.3, 0.4) is 0 Å². The van der Waals surface area contributed by atoms with Crippen LogP contribution in [0.25, 0.3) is 0 Å². The van der Waals surface area contributed by atoms with Crippen LogP contribution >= 0.6 is 0 Å². The number of carbonyl (C=O) groups is 1. The molecule has 1 amide bonds. The Balaban J connectivity index is 3.12. The summed E-state index contributed by atoms with van der Waals surface area (Å²) in [5.74, 6) is 0.225. The molecule has 0 aromatic heterocycles. The molecule has 118 valence electrons. The number of hydrogen-bond donors (Lipinski definition) is 2. The van der Waals surface area contributed by atoms with Crippen molar-refractivity contribution in [1.29, 1.82) is 0 Å². The molecule has 1 aromatic carbocycles. The van der Waals surface area contributed by atoms with Crippen LogP contribution in [0.2, 0.25) is 0 Å². The maximum absolute atomic E-state index is 12.3. The van der Waals surface area contributed by atoms with E-state index in [0.29, 0.717) is 11.7 Å². The van der Waals surface area contributed by atoms with E-state index in [2.05, 4.69) is 5.32 Å². The average Bonchev–Trinajstić information content (AvgIpc) is 2.44. The van der Waals surface area contributed by atoms with Crippen LogP contribution in [-0.2, 0) is 10.0 Å². The summed E-state index contributed by atoms with van der Waals surface area (Å²) in [7, 11) is -2.45. The van der Waals surface area contributed by atoms with E-state index in [1.165, 1.54) is 25.3 Å². The average molecular weight is 314 g/mol. The van der Waals surface area contributed by atoms with Crippen molar-refractivity contribution in [3.63, 3.8) is 0 Å². The molecule has 7 heteroatoms. The second-order valence-corrected chi connectivity index (χ2v) is 6.62.